The smallest absolute Gasteiger partial charge is 0.229 e. The van der Waals surface area contributed by atoms with Crippen molar-refractivity contribution >= 4 is 29.0 Å². The minimum atomic E-state index is -2.81. The fourth-order valence-corrected chi connectivity index (χ4v) is 7.80. The highest BCUT2D eigenvalue weighted by molar-refractivity contribution is 7.30. The minimum absolute atomic E-state index is 0.219. The maximum absolute atomic E-state index is 13.7. The lowest BCUT2D eigenvalue weighted by Gasteiger charge is -2.31. The number of carbonyl (C=O) groups is 1. The average molecular weight is 343 g/mol. The summed E-state index contributed by atoms with van der Waals surface area (Å²) >= 11 is 0. The number of rotatable bonds is 5. The van der Waals surface area contributed by atoms with E-state index in [2.05, 4.69) is 36.4 Å². The van der Waals surface area contributed by atoms with E-state index in [1.165, 1.54) is 0 Å². The van der Waals surface area contributed by atoms with Crippen molar-refractivity contribution in [2.45, 2.75) is 13.8 Å². The summed E-state index contributed by atoms with van der Waals surface area (Å²) in [6.07, 6.45) is 1.82. The van der Waals surface area contributed by atoms with E-state index in [0.29, 0.717) is 0 Å². The van der Waals surface area contributed by atoms with Gasteiger partial charge in [-0.05, 0) is 35.5 Å². The molecule has 0 fully saturated rings. The molecule has 0 aromatic heterocycles. The molecule has 0 radical (unpaired) electrons. The molecule has 0 aliphatic heterocycles. The molecule has 0 spiro atoms. The Hall–Kier alpha value is -2.71. The lowest BCUT2D eigenvalue weighted by Crippen LogP contribution is -2.72. The fourth-order valence-electron chi connectivity index (χ4n) is 3.36. The fraction of sp³-hybridized carbons (Fsp3) is 0.0870. The van der Waals surface area contributed by atoms with Crippen LogP contribution in [-0.4, -0.2) is 13.5 Å². The van der Waals surface area contributed by atoms with Gasteiger partial charge in [0.2, 0.25) is 8.07 Å². The van der Waals surface area contributed by atoms with Gasteiger partial charge < -0.3 is 0 Å². The second-order valence-corrected chi connectivity index (χ2v) is 10.2. The lowest BCUT2D eigenvalue weighted by atomic mass is 10.3. The number of allylic oxidation sites excluding steroid dienone is 2. The quantitative estimate of drug-likeness (QED) is 0.395. The van der Waals surface area contributed by atoms with Crippen LogP contribution in [0, 0.1) is 0 Å². The van der Waals surface area contributed by atoms with Gasteiger partial charge in [-0.15, -0.1) is 0 Å². The standard InChI is InChI=1S/C23H22OSi/c1-19(2)18-23(24)25(20-12-6-3-7-13-20,21-14-8-4-9-15-21)22-16-10-5-11-17-22/h3-18H,1-2H3. The van der Waals surface area contributed by atoms with Crippen LogP contribution < -0.4 is 15.6 Å². The summed E-state index contributed by atoms with van der Waals surface area (Å²) in [5.74, 6) is 0. The summed E-state index contributed by atoms with van der Waals surface area (Å²) in [5, 5.41) is 3.58. The molecule has 124 valence electrons. The maximum Gasteiger partial charge on any atom is 0.229 e. The molecule has 1 nitrogen and oxygen atoms in total. The Morgan fingerprint density at radius 1 is 0.640 bits per heavy atom. The number of carbonyl (C=O) groups excluding carboxylic acids is 1. The SMILES string of the molecule is CC(C)=CC(=O)[Si](c1ccccc1)(c1ccccc1)c1ccccc1. The molecule has 0 saturated carbocycles. The van der Waals surface area contributed by atoms with Crippen molar-refractivity contribution in [2.75, 3.05) is 0 Å². The van der Waals surface area contributed by atoms with Gasteiger partial charge >= 0.3 is 0 Å². The van der Waals surface area contributed by atoms with E-state index in [9.17, 15) is 4.79 Å². The molecule has 0 saturated heterocycles. The first-order chi connectivity index (χ1) is 12.2. The molecule has 0 aliphatic rings. The monoisotopic (exact) mass is 342 g/mol. The molecule has 0 heterocycles. The van der Waals surface area contributed by atoms with Crippen molar-refractivity contribution in [1.29, 1.82) is 0 Å². The predicted molar refractivity (Wildman–Crippen MR) is 108 cm³/mol. The van der Waals surface area contributed by atoms with Crippen molar-refractivity contribution in [3.8, 4) is 0 Å². The highest BCUT2D eigenvalue weighted by atomic mass is 28.3. The van der Waals surface area contributed by atoms with Crippen LogP contribution in [0.4, 0.5) is 0 Å². The molecule has 0 unspecified atom stereocenters. The van der Waals surface area contributed by atoms with E-state index >= 15 is 0 Å². The number of benzene rings is 3. The van der Waals surface area contributed by atoms with Gasteiger partial charge in [-0.1, -0.05) is 96.6 Å². The van der Waals surface area contributed by atoms with Gasteiger partial charge in [0.05, 0.1) is 0 Å². The van der Waals surface area contributed by atoms with Crippen molar-refractivity contribution in [3.05, 3.63) is 103 Å². The Kier molecular flexibility index (Phi) is 5.10. The zero-order valence-corrected chi connectivity index (χ0v) is 15.6. The van der Waals surface area contributed by atoms with Crippen molar-refractivity contribution in [1.82, 2.24) is 0 Å². The summed E-state index contributed by atoms with van der Waals surface area (Å²) in [7, 11) is -2.81. The van der Waals surface area contributed by atoms with Crippen LogP contribution in [0.5, 0.6) is 0 Å². The lowest BCUT2D eigenvalue weighted by molar-refractivity contribution is -0.108. The summed E-state index contributed by atoms with van der Waals surface area (Å²) in [4.78, 5) is 13.7. The molecular formula is C23H22OSi. The average Bonchev–Trinajstić information content (AvgIpc) is 2.64. The maximum atomic E-state index is 13.7. The first-order valence-corrected chi connectivity index (χ1v) is 10.5. The van der Waals surface area contributed by atoms with Crippen LogP contribution in [0.1, 0.15) is 13.8 Å². The Balaban J connectivity index is 2.40. The molecule has 0 atom stereocenters. The van der Waals surface area contributed by atoms with Crippen molar-refractivity contribution in [3.63, 3.8) is 0 Å². The van der Waals surface area contributed by atoms with E-state index in [1.54, 1.807) is 0 Å². The van der Waals surface area contributed by atoms with E-state index in [1.807, 2.05) is 74.5 Å². The van der Waals surface area contributed by atoms with E-state index in [-0.39, 0.29) is 5.41 Å². The van der Waals surface area contributed by atoms with Crippen LogP contribution in [0.15, 0.2) is 103 Å². The zero-order chi connectivity index (χ0) is 17.7. The Morgan fingerprint density at radius 3 is 1.24 bits per heavy atom. The first-order valence-electron chi connectivity index (χ1n) is 8.51. The van der Waals surface area contributed by atoms with Crippen LogP contribution in [0.25, 0.3) is 0 Å². The molecule has 2 heteroatoms. The predicted octanol–water partition coefficient (Wildman–Crippen LogP) is 3.23. The topological polar surface area (TPSA) is 17.1 Å². The van der Waals surface area contributed by atoms with Crippen LogP contribution in [-0.2, 0) is 4.79 Å². The molecule has 3 aromatic rings. The van der Waals surface area contributed by atoms with Crippen LogP contribution in [0.2, 0.25) is 0 Å². The van der Waals surface area contributed by atoms with Gasteiger partial charge in [0.1, 0.15) is 5.41 Å². The number of hydrogen-bond donors (Lipinski definition) is 0. The van der Waals surface area contributed by atoms with Crippen molar-refractivity contribution < 1.29 is 4.79 Å². The third-order valence-corrected chi connectivity index (χ3v) is 8.89. The summed E-state index contributed by atoms with van der Waals surface area (Å²) in [5.41, 5.74) is 1.03. The number of hydrogen-bond acceptors (Lipinski definition) is 1. The molecule has 0 bridgehead atoms. The first kappa shape index (κ1) is 17.1. The third kappa shape index (κ3) is 3.26. The van der Waals surface area contributed by atoms with E-state index in [4.69, 9.17) is 0 Å². The molecule has 3 aromatic carbocycles. The van der Waals surface area contributed by atoms with Gasteiger partial charge in [-0.3, -0.25) is 4.79 Å². The van der Waals surface area contributed by atoms with Gasteiger partial charge in [0.25, 0.3) is 0 Å². The molecular weight excluding hydrogens is 320 g/mol. The second-order valence-electron chi connectivity index (χ2n) is 6.43. The Morgan fingerprint density at radius 2 is 0.960 bits per heavy atom. The minimum Gasteiger partial charge on any atom is -0.299 e. The molecule has 0 aliphatic carbocycles. The molecule has 0 N–H and O–H groups in total. The summed E-state index contributed by atoms with van der Waals surface area (Å²) in [6.45, 7) is 3.97. The van der Waals surface area contributed by atoms with Crippen molar-refractivity contribution in [2.24, 2.45) is 0 Å². The summed E-state index contributed by atoms with van der Waals surface area (Å²) < 4.78 is 0. The molecule has 0 amide bonds. The molecule has 3 rings (SSSR count). The highest BCUT2D eigenvalue weighted by Gasteiger charge is 2.45. The zero-order valence-electron chi connectivity index (χ0n) is 14.6. The largest absolute Gasteiger partial charge is 0.299 e. The van der Waals surface area contributed by atoms with Gasteiger partial charge in [-0.25, -0.2) is 0 Å². The van der Waals surface area contributed by atoms with Gasteiger partial charge in [0, 0.05) is 0 Å². The van der Waals surface area contributed by atoms with Gasteiger partial charge in [-0.2, -0.15) is 0 Å². The second kappa shape index (κ2) is 7.45. The van der Waals surface area contributed by atoms with E-state index in [0.717, 1.165) is 21.1 Å². The Labute approximate surface area is 150 Å². The Bertz CT molecular complexity index is 767. The van der Waals surface area contributed by atoms with Crippen LogP contribution in [0.3, 0.4) is 0 Å². The highest BCUT2D eigenvalue weighted by Crippen LogP contribution is 2.11. The van der Waals surface area contributed by atoms with Crippen LogP contribution >= 0.6 is 0 Å². The normalized spacial score (nSPS) is 11.0. The molecule has 25 heavy (non-hydrogen) atoms. The van der Waals surface area contributed by atoms with E-state index < -0.39 is 8.07 Å². The van der Waals surface area contributed by atoms with Gasteiger partial charge in [0.15, 0.2) is 0 Å². The third-order valence-electron chi connectivity index (χ3n) is 4.41. The summed E-state index contributed by atoms with van der Waals surface area (Å²) in [6, 6.07) is 30.8.